The zero-order valence-corrected chi connectivity index (χ0v) is 14.8. The largest absolute Gasteiger partial charge is 0.339 e. The molecule has 0 spiro atoms. The van der Waals surface area contributed by atoms with Gasteiger partial charge in [0.2, 0.25) is 5.91 Å². The molecule has 1 aromatic carbocycles. The molecule has 1 aromatic rings. The first-order valence-electron chi connectivity index (χ1n) is 8.12. The van der Waals surface area contributed by atoms with Crippen molar-refractivity contribution in [3.05, 3.63) is 29.8 Å². The van der Waals surface area contributed by atoms with Crippen LogP contribution in [0.3, 0.4) is 0 Å². The van der Waals surface area contributed by atoms with E-state index in [9.17, 15) is 24.0 Å². The Labute approximate surface area is 150 Å². The summed E-state index contributed by atoms with van der Waals surface area (Å²) in [5.74, 6) is -2.84. The molecule has 0 aromatic heterocycles. The molecular formula is C17H20N4O5. The van der Waals surface area contributed by atoms with Crippen LogP contribution in [-0.2, 0) is 14.4 Å². The van der Waals surface area contributed by atoms with Crippen LogP contribution in [0.2, 0.25) is 0 Å². The predicted octanol–water partition coefficient (Wildman–Crippen LogP) is 0.528. The number of carbonyl (C=O) groups is 5. The average Bonchev–Trinajstić information content (AvgIpc) is 2.80. The van der Waals surface area contributed by atoms with Gasteiger partial charge in [0.15, 0.2) is 0 Å². The molecule has 1 fully saturated rings. The number of hydrogen-bond donors (Lipinski definition) is 1. The van der Waals surface area contributed by atoms with Crippen LogP contribution >= 0.6 is 0 Å². The number of nitrogens with one attached hydrogen (secondary N) is 1. The molecule has 0 unspecified atom stereocenters. The van der Waals surface area contributed by atoms with Gasteiger partial charge in [-0.2, -0.15) is 0 Å². The normalized spacial score (nSPS) is 14.0. The Morgan fingerprint density at radius 3 is 2.27 bits per heavy atom. The number of amides is 6. The topological polar surface area (TPSA) is 107 Å². The predicted molar refractivity (Wildman–Crippen MR) is 92.2 cm³/mol. The summed E-state index contributed by atoms with van der Waals surface area (Å²) in [7, 11) is 1.17. The molecular weight excluding hydrogens is 340 g/mol. The molecule has 1 aliphatic heterocycles. The quantitative estimate of drug-likeness (QED) is 0.588. The summed E-state index contributed by atoms with van der Waals surface area (Å²) in [6.07, 6.45) is 0. The fourth-order valence-electron chi connectivity index (χ4n) is 2.52. The van der Waals surface area contributed by atoms with Crippen molar-refractivity contribution in [1.82, 2.24) is 14.7 Å². The van der Waals surface area contributed by atoms with Crippen molar-refractivity contribution in [2.45, 2.75) is 13.8 Å². The van der Waals surface area contributed by atoms with Crippen molar-refractivity contribution in [3.8, 4) is 0 Å². The van der Waals surface area contributed by atoms with Crippen molar-refractivity contribution in [2.75, 3.05) is 32.0 Å². The molecule has 1 saturated heterocycles. The van der Waals surface area contributed by atoms with Gasteiger partial charge in [-0.1, -0.05) is 6.07 Å². The van der Waals surface area contributed by atoms with Crippen LogP contribution in [0, 0.1) is 0 Å². The lowest BCUT2D eigenvalue weighted by Crippen LogP contribution is -2.38. The van der Waals surface area contributed by atoms with Gasteiger partial charge in [-0.15, -0.1) is 0 Å². The summed E-state index contributed by atoms with van der Waals surface area (Å²) in [6, 6.07) is 5.51. The molecule has 138 valence electrons. The molecule has 26 heavy (non-hydrogen) atoms. The number of nitrogens with zero attached hydrogens (tertiary/aromatic N) is 3. The SMILES string of the molecule is CCN(CC)C(=O)c1cccc(NC(=O)CN2C(=O)C(=O)N(C)C2=O)c1. The summed E-state index contributed by atoms with van der Waals surface area (Å²) in [5.41, 5.74) is 0.765. The second-order valence-corrected chi connectivity index (χ2v) is 5.64. The molecule has 0 saturated carbocycles. The molecule has 0 aliphatic carbocycles. The monoisotopic (exact) mass is 360 g/mol. The van der Waals surface area contributed by atoms with Crippen LogP contribution in [0.1, 0.15) is 24.2 Å². The van der Waals surface area contributed by atoms with Crippen LogP contribution in [0.5, 0.6) is 0 Å². The number of rotatable bonds is 6. The van der Waals surface area contributed by atoms with Crippen LogP contribution in [0.25, 0.3) is 0 Å². The number of carbonyl (C=O) groups excluding carboxylic acids is 5. The molecule has 0 atom stereocenters. The van der Waals surface area contributed by atoms with E-state index < -0.39 is 30.3 Å². The summed E-state index contributed by atoms with van der Waals surface area (Å²) in [6.45, 7) is 4.28. The summed E-state index contributed by atoms with van der Waals surface area (Å²) in [5, 5.41) is 2.52. The average molecular weight is 360 g/mol. The fourth-order valence-corrected chi connectivity index (χ4v) is 2.52. The highest BCUT2D eigenvalue weighted by Gasteiger charge is 2.42. The highest BCUT2D eigenvalue weighted by molar-refractivity contribution is 6.44. The molecule has 1 heterocycles. The Balaban J connectivity index is 2.07. The van der Waals surface area contributed by atoms with E-state index in [1.807, 2.05) is 13.8 Å². The number of benzene rings is 1. The Kier molecular flexibility index (Phi) is 5.71. The summed E-state index contributed by atoms with van der Waals surface area (Å²) < 4.78 is 0. The number of anilines is 1. The van der Waals surface area contributed by atoms with E-state index in [4.69, 9.17) is 0 Å². The van der Waals surface area contributed by atoms with Crippen molar-refractivity contribution in [2.24, 2.45) is 0 Å². The highest BCUT2D eigenvalue weighted by atomic mass is 16.2. The first-order valence-corrected chi connectivity index (χ1v) is 8.12. The van der Waals surface area contributed by atoms with Crippen LogP contribution in [0.15, 0.2) is 24.3 Å². The van der Waals surface area contributed by atoms with E-state index in [0.29, 0.717) is 34.1 Å². The van der Waals surface area contributed by atoms with E-state index in [1.165, 1.54) is 13.1 Å². The Morgan fingerprint density at radius 2 is 1.73 bits per heavy atom. The lowest BCUT2D eigenvalue weighted by molar-refractivity contribution is -0.143. The van der Waals surface area contributed by atoms with Gasteiger partial charge in [0.25, 0.3) is 5.91 Å². The molecule has 1 N–H and O–H groups in total. The lowest BCUT2D eigenvalue weighted by atomic mass is 10.1. The number of hydrogen-bond acceptors (Lipinski definition) is 5. The Morgan fingerprint density at radius 1 is 1.08 bits per heavy atom. The van der Waals surface area contributed by atoms with Gasteiger partial charge in [0.1, 0.15) is 6.54 Å². The number of imide groups is 2. The third kappa shape index (κ3) is 3.71. The van der Waals surface area contributed by atoms with E-state index in [0.717, 1.165) is 0 Å². The van der Waals surface area contributed by atoms with E-state index in [2.05, 4.69) is 5.32 Å². The second kappa shape index (κ2) is 7.77. The minimum atomic E-state index is -1.04. The maximum absolute atomic E-state index is 12.4. The third-order valence-corrected chi connectivity index (χ3v) is 4.00. The summed E-state index contributed by atoms with van der Waals surface area (Å²) >= 11 is 0. The zero-order chi connectivity index (χ0) is 19.4. The molecule has 0 radical (unpaired) electrons. The van der Waals surface area contributed by atoms with Gasteiger partial charge in [0, 0.05) is 31.4 Å². The number of urea groups is 1. The van der Waals surface area contributed by atoms with Crippen molar-refractivity contribution < 1.29 is 24.0 Å². The first-order chi connectivity index (χ1) is 12.3. The third-order valence-electron chi connectivity index (χ3n) is 4.00. The minimum absolute atomic E-state index is 0.164. The van der Waals surface area contributed by atoms with Crippen LogP contribution < -0.4 is 5.32 Å². The minimum Gasteiger partial charge on any atom is -0.339 e. The van der Waals surface area contributed by atoms with E-state index >= 15 is 0 Å². The van der Waals surface area contributed by atoms with Gasteiger partial charge in [-0.3, -0.25) is 24.1 Å². The second-order valence-electron chi connectivity index (χ2n) is 5.64. The molecule has 9 nitrogen and oxygen atoms in total. The Bertz CT molecular complexity index is 772. The molecule has 2 rings (SSSR count). The van der Waals surface area contributed by atoms with Gasteiger partial charge < -0.3 is 10.2 Å². The highest BCUT2D eigenvalue weighted by Crippen LogP contribution is 2.14. The van der Waals surface area contributed by atoms with Crippen molar-refractivity contribution in [1.29, 1.82) is 0 Å². The van der Waals surface area contributed by atoms with Crippen molar-refractivity contribution >= 4 is 35.3 Å². The van der Waals surface area contributed by atoms with Crippen molar-refractivity contribution in [3.63, 3.8) is 0 Å². The van der Waals surface area contributed by atoms with Crippen LogP contribution in [-0.4, -0.2) is 71.0 Å². The smallest absolute Gasteiger partial charge is 0.334 e. The zero-order valence-electron chi connectivity index (χ0n) is 14.8. The fraction of sp³-hybridized carbons (Fsp3) is 0.353. The lowest BCUT2D eigenvalue weighted by Gasteiger charge is -2.19. The molecule has 6 amide bonds. The first kappa shape index (κ1) is 19.1. The Hall–Kier alpha value is -3.23. The van der Waals surface area contributed by atoms with Gasteiger partial charge >= 0.3 is 17.8 Å². The van der Waals surface area contributed by atoms with Crippen LogP contribution in [0.4, 0.5) is 10.5 Å². The van der Waals surface area contributed by atoms with Gasteiger partial charge in [-0.05, 0) is 32.0 Å². The molecule has 9 heteroatoms. The molecule has 1 aliphatic rings. The standard InChI is InChI=1S/C17H20N4O5/c1-4-20(5-2)14(23)11-7-6-8-12(9-11)18-13(22)10-21-16(25)15(24)19(3)17(21)26/h6-9H,4-5,10H2,1-3H3,(H,18,22). The maximum Gasteiger partial charge on any atom is 0.334 e. The van der Waals surface area contributed by atoms with E-state index in [1.54, 1.807) is 23.1 Å². The summed E-state index contributed by atoms with van der Waals surface area (Å²) in [4.78, 5) is 62.2. The number of likely N-dealkylation sites (N-methyl/N-ethyl adjacent to an activating group) is 1. The maximum atomic E-state index is 12.4. The van der Waals surface area contributed by atoms with Gasteiger partial charge in [-0.25, -0.2) is 9.69 Å². The molecule has 0 bridgehead atoms. The van der Waals surface area contributed by atoms with Gasteiger partial charge in [0.05, 0.1) is 0 Å². The van der Waals surface area contributed by atoms with E-state index in [-0.39, 0.29) is 5.91 Å².